The third-order valence-corrected chi connectivity index (χ3v) is 18.3. The molecule has 0 unspecified atom stereocenters. The molecule has 0 spiro atoms. The molecule has 0 N–H and O–H groups in total. The number of anilines is 6. The average molecular weight is 897 g/mol. The van der Waals surface area contributed by atoms with E-state index in [9.17, 15) is 0 Å². The number of aryl methyl sites for hydroxylation is 1. The van der Waals surface area contributed by atoms with Gasteiger partial charge in [-0.15, -0.1) is 0 Å². The monoisotopic (exact) mass is 897 g/mol. The first-order valence-corrected chi connectivity index (χ1v) is 25.9. The molecule has 0 atom stereocenters. The number of benzene rings is 6. The fourth-order valence-electron chi connectivity index (χ4n) is 14.5. The smallest absolute Gasteiger partial charge is 0.252 e. The van der Waals surface area contributed by atoms with Crippen LogP contribution in [0.25, 0.3) is 21.9 Å². The number of hydrogen-bond donors (Lipinski definition) is 0. The van der Waals surface area contributed by atoms with Crippen LogP contribution in [0.15, 0.2) is 95.4 Å². The summed E-state index contributed by atoms with van der Waals surface area (Å²) >= 11 is 0. The maximum absolute atomic E-state index is 7.19. The number of furan rings is 1. The molecule has 0 bridgehead atoms. The Balaban J connectivity index is 1.23. The molecule has 3 heterocycles. The summed E-state index contributed by atoms with van der Waals surface area (Å²) in [7, 11) is 0. The molecule has 3 aliphatic carbocycles. The molecule has 4 heteroatoms. The Morgan fingerprint density at radius 3 is 1.59 bits per heavy atom. The molecule has 0 saturated heterocycles. The van der Waals surface area contributed by atoms with E-state index in [0.717, 1.165) is 23.3 Å². The molecule has 12 rings (SSSR count). The van der Waals surface area contributed by atoms with Crippen molar-refractivity contribution in [3.8, 4) is 0 Å². The van der Waals surface area contributed by atoms with Gasteiger partial charge in [-0.3, -0.25) is 0 Å². The third kappa shape index (κ3) is 6.03. The molecule has 0 saturated carbocycles. The summed E-state index contributed by atoms with van der Waals surface area (Å²) in [6.45, 7) is 39.1. The Bertz CT molecular complexity index is 3340. The molecule has 5 aliphatic rings. The summed E-state index contributed by atoms with van der Waals surface area (Å²) in [5.74, 6) is 0. The van der Waals surface area contributed by atoms with Crippen LogP contribution in [0, 0.1) is 6.92 Å². The second kappa shape index (κ2) is 13.6. The number of hydrogen-bond acceptors (Lipinski definition) is 3. The second-order valence-corrected chi connectivity index (χ2v) is 27.1. The number of para-hydroxylation sites is 1. The van der Waals surface area contributed by atoms with Gasteiger partial charge in [-0.05, 0) is 186 Å². The van der Waals surface area contributed by atoms with Gasteiger partial charge in [0, 0.05) is 39.2 Å². The predicted molar refractivity (Wildman–Crippen MR) is 292 cm³/mol. The van der Waals surface area contributed by atoms with Crippen LogP contribution in [0.3, 0.4) is 0 Å². The van der Waals surface area contributed by atoms with Gasteiger partial charge in [-0.25, -0.2) is 0 Å². The Kier molecular flexibility index (Phi) is 8.77. The largest absolute Gasteiger partial charge is 0.454 e. The highest BCUT2D eigenvalue weighted by Gasteiger charge is 2.50. The Labute approximate surface area is 407 Å². The van der Waals surface area contributed by atoms with E-state index in [1.807, 2.05) is 0 Å². The van der Waals surface area contributed by atoms with Gasteiger partial charge in [0.15, 0.2) is 5.58 Å². The van der Waals surface area contributed by atoms with Crippen molar-refractivity contribution >= 4 is 79.2 Å². The van der Waals surface area contributed by atoms with Crippen LogP contribution in [0.4, 0.5) is 34.1 Å². The van der Waals surface area contributed by atoms with E-state index in [1.165, 1.54) is 126 Å². The van der Waals surface area contributed by atoms with E-state index >= 15 is 0 Å². The minimum absolute atomic E-state index is 0.0209. The minimum Gasteiger partial charge on any atom is -0.454 e. The van der Waals surface area contributed by atoms with Gasteiger partial charge in [0.25, 0.3) is 6.71 Å². The first kappa shape index (κ1) is 44.0. The van der Waals surface area contributed by atoms with Gasteiger partial charge >= 0.3 is 0 Å². The Morgan fingerprint density at radius 2 is 0.985 bits per heavy atom. The maximum Gasteiger partial charge on any atom is 0.252 e. The minimum atomic E-state index is -0.0857. The van der Waals surface area contributed by atoms with Gasteiger partial charge in [-0.1, -0.05) is 146 Å². The molecule has 7 aromatic rings. The van der Waals surface area contributed by atoms with Crippen LogP contribution in [-0.2, 0) is 37.9 Å². The van der Waals surface area contributed by atoms with E-state index in [1.54, 1.807) is 0 Å². The van der Waals surface area contributed by atoms with Gasteiger partial charge < -0.3 is 14.2 Å². The lowest BCUT2D eigenvalue weighted by molar-refractivity contribution is 0.332. The van der Waals surface area contributed by atoms with Crippen LogP contribution in [-0.4, -0.2) is 6.71 Å². The molecule has 1 aromatic heterocycles. The normalized spacial score (nSPS) is 20.7. The van der Waals surface area contributed by atoms with Crippen LogP contribution in [0.1, 0.15) is 180 Å². The SMILES string of the molecule is Cc1cc2c3c(c1)N(c1ccc(C(C)(C)C)c4c1oc1ccccc14)c1cc4c(cc1B3c1cc3c(cc1N2c1ccc2c(c1)C(C)(C)CCC2(C)C)C(C)(C)CCC3(C)C)C(C)(C)CC4(C)C. The van der Waals surface area contributed by atoms with Crippen molar-refractivity contribution < 1.29 is 4.42 Å². The molecule has 0 amide bonds. The lowest BCUT2D eigenvalue weighted by atomic mass is 9.33. The van der Waals surface area contributed by atoms with Crippen molar-refractivity contribution in [1.82, 2.24) is 0 Å². The Morgan fingerprint density at radius 1 is 0.485 bits per heavy atom. The van der Waals surface area contributed by atoms with Crippen LogP contribution < -0.4 is 26.2 Å². The predicted octanol–water partition coefficient (Wildman–Crippen LogP) is 15.9. The van der Waals surface area contributed by atoms with Gasteiger partial charge in [-0.2, -0.15) is 0 Å². The number of fused-ring (bicyclic) bond motifs is 10. The van der Waals surface area contributed by atoms with E-state index in [2.05, 4.69) is 212 Å². The molecule has 2 aliphatic heterocycles. The summed E-state index contributed by atoms with van der Waals surface area (Å²) < 4.78 is 7.19. The van der Waals surface area contributed by atoms with Crippen molar-refractivity contribution in [2.24, 2.45) is 0 Å². The van der Waals surface area contributed by atoms with Crippen LogP contribution in [0.5, 0.6) is 0 Å². The zero-order valence-electron chi connectivity index (χ0n) is 44.1. The van der Waals surface area contributed by atoms with Crippen molar-refractivity contribution in [2.75, 3.05) is 9.80 Å². The average Bonchev–Trinajstić information content (AvgIpc) is 3.73. The molecule has 6 aromatic carbocycles. The highest BCUT2D eigenvalue weighted by atomic mass is 16.3. The summed E-state index contributed by atoms with van der Waals surface area (Å²) in [5.41, 5.74) is 25.5. The fourth-order valence-corrected chi connectivity index (χ4v) is 14.5. The lowest BCUT2D eigenvalue weighted by Gasteiger charge is -2.48. The number of nitrogens with zero attached hydrogens (tertiary/aromatic N) is 2. The zero-order valence-corrected chi connectivity index (χ0v) is 44.1. The quantitative estimate of drug-likeness (QED) is 0.161. The van der Waals surface area contributed by atoms with Gasteiger partial charge in [0.2, 0.25) is 0 Å². The van der Waals surface area contributed by atoms with Crippen molar-refractivity contribution in [3.63, 3.8) is 0 Å². The first-order valence-electron chi connectivity index (χ1n) is 25.9. The van der Waals surface area contributed by atoms with E-state index < -0.39 is 0 Å². The zero-order chi connectivity index (χ0) is 48.2. The lowest BCUT2D eigenvalue weighted by Crippen LogP contribution is -2.62. The molecule has 0 radical (unpaired) electrons. The highest BCUT2D eigenvalue weighted by Crippen LogP contribution is 2.56. The Hall–Kier alpha value is -5.22. The second-order valence-electron chi connectivity index (χ2n) is 27.1. The summed E-state index contributed by atoms with van der Waals surface area (Å²) in [6, 6.07) is 36.7. The molecule has 0 fully saturated rings. The standard InChI is InChI=1S/C64H73BN2O/c1-37-29-52-56-53(30-37)67(49-24-23-41(58(2,3)4)55-39-19-17-18-20-54(39)68-57(49)55)51-35-46-44(63(13,14)36-64(46,15)16)33-48(51)65(56)47-32-43-45(62(11,12)28-27-61(43,9)10)34-50(47)66(52)38-21-22-40-42(31-38)60(7,8)26-25-59(40,5)6/h17-24,29-35H,25-28,36H2,1-16H3. The van der Waals surface area contributed by atoms with Gasteiger partial charge in [0.05, 0.1) is 5.69 Å². The molecule has 68 heavy (non-hydrogen) atoms. The van der Waals surface area contributed by atoms with Gasteiger partial charge in [0.1, 0.15) is 5.58 Å². The molecular formula is C64H73BN2O. The summed E-state index contributed by atoms with van der Waals surface area (Å²) in [6.07, 6.45) is 5.84. The summed E-state index contributed by atoms with van der Waals surface area (Å²) in [4.78, 5) is 5.35. The molecular weight excluding hydrogens is 824 g/mol. The van der Waals surface area contributed by atoms with Crippen molar-refractivity contribution in [3.05, 3.63) is 136 Å². The molecule has 348 valence electrons. The maximum atomic E-state index is 7.19. The third-order valence-electron chi connectivity index (χ3n) is 18.3. The van der Waals surface area contributed by atoms with Crippen LogP contribution in [0.2, 0.25) is 0 Å². The molecule has 3 nitrogen and oxygen atoms in total. The van der Waals surface area contributed by atoms with E-state index in [4.69, 9.17) is 4.42 Å². The van der Waals surface area contributed by atoms with E-state index in [-0.39, 0.29) is 44.6 Å². The summed E-state index contributed by atoms with van der Waals surface area (Å²) in [5, 5.41) is 2.41. The first-order chi connectivity index (χ1) is 31.7. The van der Waals surface area contributed by atoms with Crippen LogP contribution >= 0.6 is 0 Å². The van der Waals surface area contributed by atoms with Crippen molar-refractivity contribution in [2.45, 2.75) is 181 Å². The van der Waals surface area contributed by atoms with E-state index in [0.29, 0.717) is 0 Å². The topological polar surface area (TPSA) is 19.6 Å². The number of rotatable bonds is 2. The fraction of sp³-hybridized carbons (Fsp3) is 0.438. The van der Waals surface area contributed by atoms with Crippen molar-refractivity contribution in [1.29, 1.82) is 0 Å². The highest BCUT2D eigenvalue weighted by molar-refractivity contribution is 7.00.